The highest BCUT2D eigenvalue weighted by atomic mass is 32.2. The van der Waals surface area contributed by atoms with Crippen molar-refractivity contribution < 1.29 is 13.2 Å². The fraction of sp³-hybridized carbons (Fsp3) is 0.263. The van der Waals surface area contributed by atoms with Crippen LogP contribution in [0.15, 0.2) is 53.7 Å². The minimum Gasteiger partial charge on any atom is -0.366 e. The van der Waals surface area contributed by atoms with Crippen molar-refractivity contribution in [2.75, 3.05) is 31.1 Å². The third kappa shape index (κ3) is 3.11. The topological polar surface area (TPSA) is 84.3 Å². The van der Waals surface area contributed by atoms with Gasteiger partial charge in [-0.1, -0.05) is 12.1 Å². The molecule has 0 aliphatic carbocycles. The van der Waals surface area contributed by atoms with Gasteiger partial charge in [-0.05, 0) is 31.2 Å². The van der Waals surface area contributed by atoms with E-state index >= 15 is 0 Å². The van der Waals surface area contributed by atoms with E-state index in [2.05, 4.69) is 15.2 Å². The van der Waals surface area contributed by atoms with Crippen molar-refractivity contribution in [3.8, 4) is 0 Å². The third-order valence-electron chi connectivity index (χ3n) is 4.76. The third-order valence-corrected chi connectivity index (χ3v) is 6.43. The van der Waals surface area contributed by atoms with Gasteiger partial charge in [0, 0.05) is 44.1 Å². The first kappa shape index (κ1) is 17.7. The number of carbonyl (C=O) groups excluding carboxylic acids is 1. The van der Waals surface area contributed by atoms with Crippen LogP contribution >= 0.6 is 0 Å². The van der Waals surface area contributed by atoms with E-state index in [1.165, 1.54) is 23.0 Å². The number of nitrogens with zero attached hydrogens (tertiary/aromatic N) is 3. The molecule has 27 heavy (non-hydrogen) atoms. The Morgan fingerprint density at radius 3 is 2.67 bits per heavy atom. The zero-order valence-electron chi connectivity index (χ0n) is 14.9. The molecule has 2 aromatic heterocycles. The molecule has 1 aliphatic heterocycles. The van der Waals surface area contributed by atoms with E-state index in [0.29, 0.717) is 16.6 Å². The monoisotopic (exact) mass is 384 g/mol. The van der Waals surface area contributed by atoms with Crippen molar-refractivity contribution >= 4 is 32.5 Å². The lowest BCUT2D eigenvalue weighted by molar-refractivity contribution is 0.101. The van der Waals surface area contributed by atoms with E-state index < -0.39 is 10.0 Å². The predicted molar refractivity (Wildman–Crippen MR) is 104 cm³/mol. The first-order valence-electron chi connectivity index (χ1n) is 8.77. The van der Waals surface area contributed by atoms with Gasteiger partial charge >= 0.3 is 0 Å². The van der Waals surface area contributed by atoms with Crippen LogP contribution in [0.4, 0.5) is 5.69 Å². The molecule has 3 heterocycles. The molecule has 4 rings (SSSR count). The fourth-order valence-electron chi connectivity index (χ4n) is 3.34. The van der Waals surface area contributed by atoms with Crippen molar-refractivity contribution in [2.45, 2.75) is 11.8 Å². The predicted octanol–water partition coefficient (Wildman–Crippen LogP) is 1.89. The Kier molecular flexibility index (Phi) is 4.45. The summed E-state index contributed by atoms with van der Waals surface area (Å²) in [5, 5.41) is 3.29. The number of benzene rings is 1. The van der Waals surface area contributed by atoms with Gasteiger partial charge in [-0.25, -0.2) is 12.4 Å². The largest absolute Gasteiger partial charge is 0.366 e. The highest BCUT2D eigenvalue weighted by Gasteiger charge is 2.25. The molecule has 1 aliphatic rings. The summed E-state index contributed by atoms with van der Waals surface area (Å²) in [6.45, 7) is 4.67. The number of ketones is 1. The molecule has 1 aromatic carbocycles. The molecule has 1 saturated heterocycles. The Bertz CT molecular complexity index is 1110. The van der Waals surface area contributed by atoms with E-state index in [0.717, 1.165) is 31.9 Å². The van der Waals surface area contributed by atoms with Gasteiger partial charge in [0.1, 0.15) is 5.52 Å². The summed E-state index contributed by atoms with van der Waals surface area (Å²) in [6, 6.07) is 9.61. The molecule has 0 bridgehead atoms. The molecule has 0 atom stereocenters. The summed E-state index contributed by atoms with van der Waals surface area (Å²) in [4.78, 5) is 18.3. The van der Waals surface area contributed by atoms with Crippen LogP contribution < -0.4 is 10.2 Å². The van der Waals surface area contributed by atoms with Gasteiger partial charge in [0.25, 0.3) is 10.0 Å². The maximum atomic E-state index is 13.3. The molecule has 0 unspecified atom stereocenters. The smallest absolute Gasteiger partial charge is 0.268 e. The summed E-state index contributed by atoms with van der Waals surface area (Å²) in [5.41, 5.74) is 2.36. The number of Topliss-reactive ketones (excluding diaryl/α,β-unsaturated/α-hetero) is 1. The van der Waals surface area contributed by atoms with Gasteiger partial charge in [0.2, 0.25) is 0 Å². The van der Waals surface area contributed by atoms with Gasteiger partial charge in [-0.2, -0.15) is 0 Å². The standard InChI is InChI=1S/C19H20N4O3S/c1-14(24)15-4-2-5-16(12-15)27(25,26)23-13-18(22-10-8-20-9-11-22)19-17(23)6-3-7-21-19/h2-7,12-13,20H,8-11H2,1H3. The SMILES string of the molecule is CC(=O)c1cccc(S(=O)(=O)n2cc(N3CCNCC3)c3ncccc32)c1. The van der Waals surface area contributed by atoms with Crippen LogP contribution in [0.2, 0.25) is 0 Å². The number of piperazine rings is 1. The van der Waals surface area contributed by atoms with E-state index in [1.807, 2.05) is 0 Å². The molecule has 7 nitrogen and oxygen atoms in total. The average Bonchev–Trinajstić information content (AvgIpc) is 3.09. The number of hydrogen-bond acceptors (Lipinski definition) is 6. The van der Waals surface area contributed by atoms with Crippen LogP contribution in [0.1, 0.15) is 17.3 Å². The summed E-state index contributed by atoms with van der Waals surface area (Å²) >= 11 is 0. The van der Waals surface area contributed by atoms with Gasteiger partial charge < -0.3 is 10.2 Å². The van der Waals surface area contributed by atoms with Gasteiger partial charge in [-0.15, -0.1) is 0 Å². The van der Waals surface area contributed by atoms with E-state index in [4.69, 9.17) is 0 Å². The van der Waals surface area contributed by atoms with Crippen LogP contribution in [0.3, 0.4) is 0 Å². The lowest BCUT2D eigenvalue weighted by Gasteiger charge is -2.28. The van der Waals surface area contributed by atoms with Crippen LogP contribution in [0, 0.1) is 0 Å². The second kappa shape index (κ2) is 6.79. The Morgan fingerprint density at radius 2 is 1.93 bits per heavy atom. The molecule has 1 fully saturated rings. The molecule has 1 N–H and O–H groups in total. The molecule has 8 heteroatoms. The molecular weight excluding hydrogens is 364 g/mol. The molecule has 0 radical (unpaired) electrons. The Morgan fingerprint density at radius 1 is 1.15 bits per heavy atom. The van der Waals surface area contributed by atoms with E-state index in [9.17, 15) is 13.2 Å². The lowest BCUT2D eigenvalue weighted by atomic mass is 10.2. The molecule has 3 aromatic rings. The average molecular weight is 384 g/mol. The van der Waals surface area contributed by atoms with E-state index in [1.54, 1.807) is 36.7 Å². The number of hydrogen-bond donors (Lipinski definition) is 1. The summed E-state index contributed by atoms with van der Waals surface area (Å²) in [7, 11) is -3.86. The van der Waals surface area contributed by atoms with Crippen LogP contribution in [0.25, 0.3) is 11.0 Å². The van der Waals surface area contributed by atoms with Crippen LogP contribution in [-0.2, 0) is 10.0 Å². The second-order valence-electron chi connectivity index (χ2n) is 6.51. The molecular formula is C19H20N4O3S. The summed E-state index contributed by atoms with van der Waals surface area (Å²) in [6.07, 6.45) is 3.31. The minimum absolute atomic E-state index is 0.0859. The van der Waals surface area contributed by atoms with Crippen LogP contribution in [0.5, 0.6) is 0 Å². The number of aromatic nitrogens is 2. The Labute approximate surface area is 157 Å². The van der Waals surface area contributed by atoms with Crippen LogP contribution in [-0.4, -0.2) is 49.3 Å². The Hall–Kier alpha value is -2.71. The first-order valence-corrected chi connectivity index (χ1v) is 10.2. The number of fused-ring (bicyclic) bond motifs is 1. The van der Waals surface area contributed by atoms with Crippen molar-refractivity contribution in [1.82, 2.24) is 14.3 Å². The molecule has 0 saturated carbocycles. The maximum Gasteiger partial charge on any atom is 0.268 e. The highest BCUT2D eigenvalue weighted by Crippen LogP contribution is 2.31. The lowest BCUT2D eigenvalue weighted by Crippen LogP contribution is -2.43. The quantitative estimate of drug-likeness (QED) is 0.692. The second-order valence-corrected chi connectivity index (χ2v) is 8.32. The first-order chi connectivity index (χ1) is 13.0. The van der Waals surface area contributed by atoms with Gasteiger partial charge in [-0.3, -0.25) is 9.78 Å². The number of pyridine rings is 1. The van der Waals surface area contributed by atoms with Crippen molar-refractivity contribution in [3.63, 3.8) is 0 Å². The van der Waals surface area contributed by atoms with Gasteiger partial charge in [0.05, 0.1) is 16.1 Å². The molecule has 140 valence electrons. The number of anilines is 1. The van der Waals surface area contributed by atoms with Crippen molar-refractivity contribution in [3.05, 3.63) is 54.4 Å². The minimum atomic E-state index is -3.86. The zero-order chi connectivity index (χ0) is 19.0. The summed E-state index contributed by atoms with van der Waals surface area (Å²) < 4.78 is 27.9. The highest BCUT2D eigenvalue weighted by molar-refractivity contribution is 7.90. The Balaban J connectivity index is 1.88. The maximum absolute atomic E-state index is 13.3. The normalized spacial score (nSPS) is 15.2. The van der Waals surface area contributed by atoms with Gasteiger partial charge in [0.15, 0.2) is 5.78 Å². The molecule has 0 amide bonds. The van der Waals surface area contributed by atoms with Crippen molar-refractivity contribution in [1.29, 1.82) is 0 Å². The fourth-order valence-corrected chi connectivity index (χ4v) is 4.74. The number of carbonyl (C=O) groups is 1. The zero-order valence-corrected chi connectivity index (χ0v) is 15.7. The van der Waals surface area contributed by atoms with Crippen molar-refractivity contribution in [2.24, 2.45) is 0 Å². The molecule has 0 spiro atoms. The summed E-state index contributed by atoms with van der Waals surface area (Å²) in [5.74, 6) is -0.174. The number of nitrogens with one attached hydrogen (secondary N) is 1. The number of rotatable bonds is 4. The van der Waals surface area contributed by atoms with E-state index in [-0.39, 0.29) is 10.7 Å².